The standard InChI is InChI=1S/C20H20ClFN2O4S2/c21-16-3-1-13(11-19(16)30(26,27)24-6-8-28-9-7-24)20(25)23-17-5-10-29-18-4-2-14(22)12-15(17)18/h1-4,11-12,17H,5-10H2,(H,23,25)/t17-/m0/s1. The number of carbonyl (C=O) groups is 1. The van der Waals surface area contributed by atoms with Crippen molar-refractivity contribution in [2.24, 2.45) is 0 Å². The van der Waals surface area contributed by atoms with Crippen molar-refractivity contribution in [3.8, 4) is 0 Å². The summed E-state index contributed by atoms with van der Waals surface area (Å²) in [5.74, 6) is -0.000920. The average Bonchev–Trinajstić information content (AvgIpc) is 2.75. The first-order valence-electron chi connectivity index (χ1n) is 9.47. The molecule has 2 aromatic carbocycles. The van der Waals surface area contributed by atoms with Crippen molar-refractivity contribution in [1.29, 1.82) is 0 Å². The quantitative estimate of drug-likeness (QED) is 0.740. The molecule has 1 saturated heterocycles. The topological polar surface area (TPSA) is 75.7 Å². The third-order valence-corrected chi connectivity index (χ3v) is 8.60. The van der Waals surface area contributed by atoms with Crippen LogP contribution in [0.4, 0.5) is 4.39 Å². The van der Waals surface area contributed by atoms with E-state index in [1.54, 1.807) is 17.8 Å². The molecule has 0 spiro atoms. The maximum atomic E-state index is 13.7. The molecule has 0 unspecified atom stereocenters. The zero-order valence-electron chi connectivity index (χ0n) is 15.9. The molecule has 1 N–H and O–H groups in total. The number of hydrogen-bond donors (Lipinski definition) is 1. The van der Waals surface area contributed by atoms with Gasteiger partial charge in [0, 0.05) is 29.3 Å². The molecule has 0 bridgehead atoms. The zero-order chi connectivity index (χ0) is 21.3. The van der Waals surface area contributed by atoms with Crippen LogP contribution in [0.3, 0.4) is 0 Å². The normalized spacial score (nSPS) is 19.9. The van der Waals surface area contributed by atoms with Gasteiger partial charge in [-0.1, -0.05) is 11.6 Å². The van der Waals surface area contributed by atoms with Crippen LogP contribution in [0.25, 0.3) is 0 Å². The number of thioether (sulfide) groups is 1. The molecule has 0 aliphatic carbocycles. The van der Waals surface area contributed by atoms with Gasteiger partial charge in [0.2, 0.25) is 10.0 Å². The van der Waals surface area contributed by atoms with Gasteiger partial charge >= 0.3 is 0 Å². The van der Waals surface area contributed by atoms with Crippen LogP contribution in [0.2, 0.25) is 5.02 Å². The summed E-state index contributed by atoms with van der Waals surface area (Å²) in [5.41, 5.74) is 0.914. The summed E-state index contributed by atoms with van der Waals surface area (Å²) in [6.07, 6.45) is 0.652. The Balaban J connectivity index is 1.59. The number of hydrogen-bond acceptors (Lipinski definition) is 5. The number of halogens is 2. The Kier molecular flexibility index (Phi) is 6.36. The molecule has 4 rings (SSSR count). The second-order valence-electron chi connectivity index (χ2n) is 7.01. The molecule has 0 radical (unpaired) electrons. The first kappa shape index (κ1) is 21.6. The van der Waals surface area contributed by atoms with Gasteiger partial charge in [0.05, 0.1) is 24.3 Å². The number of ether oxygens (including phenoxy) is 1. The molecular weight excluding hydrogens is 451 g/mol. The summed E-state index contributed by atoms with van der Waals surface area (Å²) in [5, 5.41) is 2.96. The summed E-state index contributed by atoms with van der Waals surface area (Å²) in [6.45, 7) is 1.09. The van der Waals surface area contributed by atoms with E-state index < -0.39 is 15.9 Å². The van der Waals surface area contributed by atoms with Crippen molar-refractivity contribution in [3.63, 3.8) is 0 Å². The zero-order valence-corrected chi connectivity index (χ0v) is 18.3. The highest BCUT2D eigenvalue weighted by Gasteiger charge is 2.30. The highest BCUT2D eigenvalue weighted by molar-refractivity contribution is 7.99. The van der Waals surface area contributed by atoms with E-state index in [2.05, 4.69) is 5.32 Å². The molecule has 1 atom stereocenters. The van der Waals surface area contributed by atoms with Gasteiger partial charge < -0.3 is 10.1 Å². The Hall–Kier alpha value is -1.65. The van der Waals surface area contributed by atoms with Gasteiger partial charge in [-0.3, -0.25) is 4.79 Å². The van der Waals surface area contributed by atoms with Crippen LogP contribution in [0, 0.1) is 5.82 Å². The van der Waals surface area contributed by atoms with Crippen LogP contribution in [0.1, 0.15) is 28.4 Å². The van der Waals surface area contributed by atoms with Crippen LogP contribution >= 0.6 is 23.4 Å². The first-order chi connectivity index (χ1) is 14.4. The van der Waals surface area contributed by atoms with Gasteiger partial charge in [0.1, 0.15) is 10.7 Å². The summed E-state index contributed by atoms with van der Waals surface area (Å²) in [4.78, 5) is 13.7. The average molecular weight is 471 g/mol. The molecule has 30 heavy (non-hydrogen) atoms. The largest absolute Gasteiger partial charge is 0.379 e. The Bertz CT molecular complexity index is 1070. The van der Waals surface area contributed by atoms with Crippen molar-refractivity contribution in [2.75, 3.05) is 32.1 Å². The van der Waals surface area contributed by atoms with Crippen molar-refractivity contribution in [2.45, 2.75) is 22.3 Å². The van der Waals surface area contributed by atoms with Gasteiger partial charge in [-0.05, 0) is 48.4 Å². The van der Waals surface area contributed by atoms with Gasteiger partial charge in [0.25, 0.3) is 5.91 Å². The van der Waals surface area contributed by atoms with E-state index in [0.717, 1.165) is 16.2 Å². The van der Waals surface area contributed by atoms with E-state index in [-0.39, 0.29) is 40.4 Å². The lowest BCUT2D eigenvalue weighted by Gasteiger charge is -2.27. The molecular formula is C20H20ClFN2O4S2. The minimum Gasteiger partial charge on any atom is -0.379 e. The van der Waals surface area contributed by atoms with E-state index >= 15 is 0 Å². The fourth-order valence-corrected chi connectivity index (χ4v) is 6.54. The molecule has 10 heteroatoms. The molecule has 2 aliphatic heterocycles. The van der Waals surface area contributed by atoms with Crippen LogP contribution in [0.15, 0.2) is 46.2 Å². The number of fused-ring (bicyclic) bond motifs is 1. The van der Waals surface area contributed by atoms with Crippen molar-refractivity contribution >= 4 is 39.3 Å². The van der Waals surface area contributed by atoms with Crippen molar-refractivity contribution in [3.05, 3.63) is 58.4 Å². The monoisotopic (exact) mass is 470 g/mol. The number of morpholine rings is 1. The fourth-order valence-electron chi connectivity index (χ4n) is 3.53. The van der Waals surface area contributed by atoms with Gasteiger partial charge in [-0.2, -0.15) is 4.31 Å². The van der Waals surface area contributed by atoms with Crippen LogP contribution in [-0.2, 0) is 14.8 Å². The minimum absolute atomic E-state index is 0.0551. The predicted molar refractivity (Wildman–Crippen MR) is 113 cm³/mol. The van der Waals surface area contributed by atoms with Crippen LogP contribution < -0.4 is 5.32 Å². The molecule has 2 aliphatic rings. The first-order valence-corrected chi connectivity index (χ1v) is 12.3. The Morgan fingerprint density at radius 2 is 1.97 bits per heavy atom. The Labute approximate surface area is 183 Å². The molecule has 1 fully saturated rings. The van der Waals surface area contributed by atoms with Gasteiger partial charge in [0.15, 0.2) is 0 Å². The number of carbonyl (C=O) groups excluding carboxylic acids is 1. The van der Waals surface area contributed by atoms with E-state index in [0.29, 0.717) is 19.6 Å². The lowest BCUT2D eigenvalue weighted by atomic mass is 10.0. The van der Waals surface area contributed by atoms with Gasteiger partial charge in [-0.15, -0.1) is 11.8 Å². The third-order valence-electron chi connectivity index (χ3n) is 5.10. The lowest BCUT2D eigenvalue weighted by Crippen LogP contribution is -2.40. The summed E-state index contributed by atoms with van der Waals surface area (Å²) < 4.78 is 46.2. The number of nitrogens with zero attached hydrogens (tertiary/aromatic N) is 1. The summed E-state index contributed by atoms with van der Waals surface area (Å²) >= 11 is 7.78. The second-order valence-corrected chi connectivity index (χ2v) is 10.5. The third kappa shape index (κ3) is 4.36. The van der Waals surface area contributed by atoms with Crippen molar-refractivity contribution in [1.82, 2.24) is 9.62 Å². The van der Waals surface area contributed by atoms with E-state index in [9.17, 15) is 17.6 Å². The molecule has 0 aromatic heterocycles. The number of nitrogens with one attached hydrogen (secondary N) is 1. The fraction of sp³-hybridized carbons (Fsp3) is 0.350. The lowest BCUT2D eigenvalue weighted by molar-refractivity contribution is 0.0730. The minimum atomic E-state index is -3.85. The molecule has 1 amide bonds. The van der Waals surface area contributed by atoms with Crippen LogP contribution in [0.5, 0.6) is 0 Å². The van der Waals surface area contributed by atoms with Crippen molar-refractivity contribution < 1.29 is 22.3 Å². The van der Waals surface area contributed by atoms with E-state index in [4.69, 9.17) is 16.3 Å². The summed E-state index contributed by atoms with van der Waals surface area (Å²) in [7, 11) is -3.85. The Morgan fingerprint density at radius 1 is 1.20 bits per heavy atom. The summed E-state index contributed by atoms with van der Waals surface area (Å²) in [6, 6.07) is 8.39. The predicted octanol–water partition coefficient (Wildman–Crippen LogP) is 3.47. The maximum absolute atomic E-state index is 13.7. The molecule has 2 heterocycles. The number of rotatable bonds is 4. The molecule has 160 valence electrons. The number of sulfonamides is 1. The Morgan fingerprint density at radius 3 is 2.73 bits per heavy atom. The number of benzene rings is 2. The number of amides is 1. The highest BCUT2D eigenvalue weighted by Crippen LogP contribution is 2.36. The molecule has 6 nitrogen and oxygen atoms in total. The molecule has 2 aromatic rings. The van der Waals surface area contributed by atoms with Crippen LogP contribution in [-0.4, -0.2) is 50.7 Å². The van der Waals surface area contributed by atoms with Gasteiger partial charge in [-0.25, -0.2) is 12.8 Å². The van der Waals surface area contributed by atoms with E-state index in [1.807, 2.05) is 0 Å². The smallest absolute Gasteiger partial charge is 0.251 e. The second kappa shape index (κ2) is 8.84. The van der Waals surface area contributed by atoms with E-state index in [1.165, 1.54) is 34.6 Å². The SMILES string of the molecule is O=C(N[C@H]1CCSc2ccc(F)cc21)c1ccc(Cl)c(S(=O)(=O)N2CCOCC2)c1. The molecule has 0 saturated carbocycles. The maximum Gasteiger partial charge on any atom is 0.251 e. The highest BCUT2D eigenvalue weighted by atomic mass is 35.5.